The Morgan fingerprint density at radius 3 is 2.61 bits per heavy atom. The third-order valence-corrected chi connectivity index (χ3v) is 9.38. The standard InChI is InChI=1S/C33H44ClN3O7/c1-7-9-13-25(39)35-17-21(6)43-32(42)26-24-14-15-33(44-24)27(26)30(40)37(23(18-38)19(3)4)29(33)31(41)36(16-8-2)28-20(5)11-10-12-22(28)34/h7-8,10-12,19,21,23-24,26-27,29,38H,1-2,9,13-18H2,3-6H3,(H,35,39)/t21-,23+,24+,26-,27-,29+,33-/m1/s1. The molecule has 11 heteroatoms. The summed E-state index contributed by atoms with van der Waals surface area (Å²) in [5, 5.41) is 13.6. The molecule has 1 spiro atoms. The molecule has 3 fully saturated rings. The van der Waals surface area contributed by atoms with Crippen LogP contribution in [0.2, 0.25) is 5.02 Å². The minimum absolute atomic E-state index is 0.116. The molecule has 0 aromatic heterocycles. The van der Waals surface area contributed by atoms with Crippen molar-refractivity contribution in [1.29, 1.82) is 0 Å². The topological polar surface area (TPSA) is 125 Å². The van der Waals surface area contributed by atoms with Crippen molar-refractivity contribution in [3.8, 4) is 0 Å². The molecule has 3 heterocycles. The second-order valence-corrected chi connectivity index (χ2v) is 12.7. The molecular weight excluding hydrogens is 586 g/mol. The highest BCUT2D eigenvalue weighted by Gasteiger charge is 2.76. The van der Waals surface area contributed by atoms with E-state index in [9.17, 15) is 24.3 Å². The SMILES string of the molecule is C=CCCC(=O)NC[C@@H](C)OC(=O)[C@@H]1[C@@H]2CC[C@]3(O2)[C@H](C(=O)N(CC=C)c2c(C)cccc2Cl)N([C@@H](CO)C(C)C)C(=O)[C@@H]13. The number of aryl methyl sites for hydroxylation is 1. The summed E-state index contributed by atoms with van der Waals surface area (Å²) in [6.07, 6.45) is 3.66. The van der Waals surface area contributed by atoms with Gasteiger partial charge in [-0.05, 0) is 50.7 Å². The lowest BCUT2D eigenvalue weighted by molar-refractivity contribution is -0.160. The summed E-state index contributed by atoms with van der Waals surface area (Å²) in [4.78, 5) is 57.8. The van der Waals surface area contributed by atoms with Gasteiger partial charge in [0, 0.05) is 13.0 Å². The van der Waals surface area contributed by atoms with E-state index in [0.29, 0.717) is 30.0 Å². The lowest BCUT2D eigenvalue weighted by atomic mass is 9.70. The number of allylic oxidation sites excluding steroid dienone is 1. The summed E-state index contributed by atoms with van der Waals surface area (Å²) in [7, 11) is 0. The molecular formula is C33H44ClN3O7. The smallest absolute Gasteiger partial charge is 0.312 e. The number of nitrogens with zero attached hydrogens (tertiary/aromatic N) is 2. The number of esters is 1. The zero-order valence-corrected chi connectivity index (χ0v) is 26.7. The lowest BCUT2D eigenvalue weighted by Gasteiger charge is -2.40. The van der Waals surface area contributed by atoms with Gasteiger partial charge in [0.1, 0.15) is 17.7 Å². The van der Waals surface area contributed by atoms with Gasteiger partial charge in [-0.25, -0.2) is 0 Å². The number of likely N-dealkylation sites (tertiary alicyclic amines) is 1. The minimum Gasteiger partial charge on any atom is -0.460 e. The molecule has 7 atom stereocenters. The highest BCUT2D eigenvalue weighted by molar-refractivity contribution is 6.34. The first-order valence-corrected chi connectivity index (χ1v) is 15.7. The largest absolute Gasteiger partial charge is 0.460 e. The molecule has 2 bridgehead atoms. The molecule has 240 valence electrons. The third-order valence-electron chi connectivity index (χ3n) is 9.07. The highest BCUT2D eigenvalue weighted by Crippen LogP contribution is 2.59. The van der Waals surface area contributed by atoms with Crippen molar-refractivity contribution in [3.63, 3.8) is 0 Å². The first kappa shape index (κ1) is 33.7. The van der Waals surface area contributed by atoms with Gasteiger partial charge in [0.05, 0.1) is 47.8 Å². The molecule has 3 aliphatic heterocycles. The fourth-order valence-electron chi connectivity index (χ4n) is 7.05. The summed E-state index contributed by atoms with van der Waals surface area (Å²) in [6.45, 7) is 14.6. The summed E-state index contributed by atoms with van der Waals surface area (Å²) >= 11 is 6.62. The monoisotopic (exact) mass is 629 g/mol. The number of carbonyl (C=O) groups excluding carboxylic acids is 4. The highest BCUT2D eigenvalue weighted by atomic mass is 35.5. The Balaban J connectivity index is 1.69. The van der Waals surface area contributed by atoms with Crippen LogP contribution in [-0.4, -0.2) is 83.3 Å². The molecule has 44 heavy (non-hydrogen) atoms. The van der Waals surface area contributed by atoms with Gasteiger partial charge in [-0.2, -0.15) is 0 Å². The van der Waals surface area contributed by atoms with Gasteiger partial charge in [0.25, 0.3) is 5.91 Å². The van der Waals surface area contributed by atoms with E-state index in [1.165, 1.54) is 9.80 Å². The van der Waals surface area contributed by atoms with Crippen molar-refractivity contribution in [1.82, 2.24) is 10.2 Å². The van der Waals surface area contributed by atoms with E-state index >= 15 is 0 Å². The molecule has 3 amide bonds. The Morgan fingerprint density at radius 1 is 1.27 bits per heavy atom. The van der Waals surface area contributed by atoms with E-state index in [1.54, 1.807) is 31.2 Å². The average Bonchev–Trinajstić information content (AvgIpc) is 3.62. The molecule has 3 saturated heterocycles. The molecule has 0 unspecified atom stereocenters. The van der Waals surface area contributed by atoms with Crippen LogP contribution in [0.1, 0.15) is 52.0 Å². The Morgan fingerprint density at radius 2 is 2.00 bits per heavy atom. The summed E-state index contributed by atoms with van der Waals surface area (Å²) in [6, 6.07) is 3.53. The lowest BCUT2D eigenvalue weighted by Crippen LogP contribution is -2.60. The molecule has 0 saturated carbocycles. The number of benzene rings is 1. The van der Waals surface area contributed by atoms with Crippen LogP contribution < -0.4 is 10.2 Å². The van der Waals surface area contributed by atoms with Crippen molar-refractivity contribution in [2.24, 2.45) is 17.8 Å². The fraction of sp³-hybridized carbons (Fsp3) is 0.576. The average molecular weight is 630 g/mol. The number of aliphatic hydroxyl groups excluding tert-OH is 1. The first-order chi connectivity index (χ1) is 20.9. The Hall–Kier alpha value is -3.21. The van der Waals surface area contributed by atoms with Crippen LogP contribution in [0.15, 0.2) is 43.5 Å². The zero-order chi connectivity index (χ0) is 32.3. The van der Waals surface area contributed by atoms with E-state index in [-0.39, 0.29) is 37.9 Å². The van der Waals surface area contributed by atoms with Crippen LogP contribution in [0.3, 0.4) is 0 Å². The quantitative estimate of drug-likeness (QED) is 0.238. The third kappa shape index (κ3) is 6.04. The predicted octanol–water partition coefficient (Wildman–Crippen LogP) is 3.57. The van der Waals surface area contributed by atoms with Crippen molar-refractivity contribution >= 4 is 41.0 Å². The van der Waals surface area contributed by atoms with E-state index in [1.807, 2.05) is 26.8 Å². The van der Waals surface area contributed by atoms with Gasteiger partial charge in [-0.1, -0.05) is 49.7 Å². The second-order valence-electron chi connectivity index (χ2n) is 12.3. The molecule has 10 nitrogen and oxygen atoms in total. The number of amides is 3. The molecule has 2 N–H and O–H groups in total. The Labute approximate surface area is 264 Å². The molecule has 0 radical (unpaired) electrons. The number of rotatable bonds is 14. The van der Waals surface area contributed by atoms with Crippen LogP contribution >= 0.6 is 11.6 Å². The van der Waals surface area contributed by atoms with Gasteiger partial charge in [-0.15, -0.1) is 13.2 Å². The minimum atomic E-state index is -1.29. The first-order valence-electron chi connectivity index (χ1n) is 15.3. The fourth-order valence-corrected chi connectivity index (χ4v) is 7.37. The van der Waals surface area contributed by atoms with Crippen LogP contribution in [-0.2, 0) is 28.7 Å². The van der Waals surface area contributed by atoms with Crippen LogP contribution in [0, 0.1) is 24.7 Å². The molecule has 4 rings (SSSR count). The van der Waals surface area contributed by atoms with E-state index < -0.39 is 59.5 Å². The zero-order valence-electron chi connectivity index (χ0n) is 26.0. The number of halogens is 1. The normalized spacial score (nSPS) is 26.7. The van der Waals surface area contributed by atoms with E-state index in [4.69, 9.17) is 21.1 Å². The number of para-hydroxylation sites is 1. The Bertz CT molecular complexity index is 1280. The predicted molar refractivity (Wildman–Crippen MR) is 167 cm³/mol. The number of fused-ring (bicyclic) bond motifs is 1. The number of carbonyl (C=O) groups is 4. The van der Waals surface area contributed by atoms with Gasteiger partial charge >= 0.3 is 5.97 Å². The maximum Gasteiger partial charge on any atom is 0.312 e. The van der Waals surface area contributed by atoms with Crippen LogP contribution in [0.4, 0.5) is 5.69 Å². The van der Waals surface area contributed by atoms with Crippen molar-refractivity contribution in [2.45, 2.75) is 83.3 Å². The maximum absolute atomic E-state index is 14.7. The molecule has 1 aromatic rings. The molecule has 3 aliphatic rings. The van der Waals surface area contributed by atoms with Crippen molar-refractivity contribution < 1.29 is 33.8 Å². The Kier molecular flexibility index (Phi) is 10.6. The number of ether oxygens (including phenoxy) is 2. The van der Waals surface area contributed by atoms with E-state index in [0.717, 1.165) is 5.56 Å². The summed E-state index contributed by atoms with van der Waals surface area (Å²) in [5.41, 5.74) is -0.0191. The summed E-state index contributed by atoms with van der Waals surface area (Å²) < 4.78 is 12.3. The van der Waals surface area contributed by atoms with Gasteiger partial charge in [0.2, 0.25) is 11.8 Å². The van der Waals surface area contributed by atoms with Crippen LogP contribution in [0.5, 0.6) is 0 Å². The number of nitrogens with one attached hydrogen (secondary N) is 1. The number of hydrogen-bond acceptors (Lipinski definition) is 7. The summed E-state index contributed by atoms with van der Waals surface area (Å²) in [5.74, 6) is -3.72. The molecule has 1 aromatic carbocycles. The van der Waals surface area contributed by atoms with Gasteiger partial charge < -0.3 is 29.7 Å². The van der Waals surface area contributed by atoms with Gasteiger partial charge in [0.15, 0.2) is 0 Å². The van der Waals surface area contributed by atoms with Crippen LogP contribution in [0.25, 0.3) is 0 Å². The molecule has 0 aliphatic carbocycles. The van der Waals surface area contributed by atoms with E-state index in [2.05, 4.69) is 18.5 Å². The van der Waals surface area contributed by atoms with Crippen molar-refractivity contribution in [3.05, 3.63) is 54.1 Å². The number of hydrogen-bond donors (Lipinski definition) is 2. The second kappa shape index (κ2) is 13.8. The number of anilines is 1. The maximum atomic E-state index is 14.7. The van der Waals surface area contributed by atoms with Gasteiger partial charge in [-0.3, -0.25) is 19.2 Å². The van der Waals surface area contributed by atoms with Crippen molar-refractivity contribution in [2.75, 3.05) is 24.6 Å². The number of aliphatic hydroxyl groups is 1.